The van der Waals surface area contributed by atoms with Crippen molar-refractivity contribution in [2.45, 2.75) is 219 Å². The molecule has 0 aromatic heterocycles. The first-order chi connectivity index (χ1) is 30.0. The summed E-state index contributed by atoms with van der Waals surface area (Å²) < 4.78 is 16.7. The van der Waals surface area contributed by atoms with Crippen LogP contribution in [0.3, 0.4) is 0 Å². The zero-order valence-electron chi connectivity index (χ0n) is 39.4. The minimum Gasteiger partial charge on any atom is -0.462 e. The smallest absolute Gasteiger partial charge is 0.306 e. The van der Waals surface area contributed by atoms with Gasteiger partial charge in [0, 0.05) is 19.3 Å². The largest absolute Gasteiger partial charge is 0.462 e. The maximum absolute atomic E-state index is 12.8. The summed E-state index contributed by atoms with van der Waals surface area (Å²) in [5.74, 6) is -0.981. The van der Waals surface area contributed by atoms with Gasteiger partial charge in [-0.2, -0.15) is 0 Å². The minimum atomic E-state index is -0.807. The molecule has 0 heterocycles. The van der Waals surface area contributed by atoms with Crippen LogP contribution >= 0.6 is 0 Å². The Morgan fingerprint density at radius 1 is 0.344 bits per heavy atom. The van der Waals surface area contributed by atoms with E-state index >= 15 is 0 Å². The van der Waals surface area contributed by atoms with Crippen molar-refractivity contribution in [1.82, 2.24) is 0 Å². The van der Waals surface area contributed by atoms with E-state index in [4.69, 9.17) is 14.2 Å². The van der Waals surface area contributed by atoms with E-state index in [1.807, 2.05) is 0 Å². The molecule has 0 fully saturated rings. The molecule has 0 aliphatic rings. The van der Waals surface area contributed by atoms with Crippen LogP contribution < -0.4 is 0 Å². The third-order valence-corrected chi connectivity index (χ3v) is 10.0. The monoisotopic (exact) mass is 847 g/mol. The molecule has 6 nitrogen and oxygen atoms in total. The lowest BCUT2D eigenvalue weighted by atomic mass is 10.1. The number of unbranched alkanes of at least 4 members (excludes halogenated alkanes) is 16. The average molecular weight is 847 g/mol. The summed E-state index contributed by atoms with van der Waals surface area (Å²) in [6.07, 6.45) is 63.8. The number of hydrogen-bond acceptors (Lipinski definition) is 6. The summed E-state index contributed by atoms with van der Waals surface area (Å²) in [5, 5.41) is 0. The fourth-order valence-electron chi connectivity index (χ4n) is 6.32. The molecule has 0 bridgehead atoms. The Bertz CT molecular complexity index is 1250. The van der Waals surface area contributed by atoms with Crippen molar-refractivity contribution in [3.63, 3.8) is 0 Å². The summed E-state index contributed by atoms with van der Waals surface area (Å²) in [4.78, 5) is 37.9. The average Bonchev–Trinajstić information content (AvgIpc) is 3.26. The molecular formula is C55H90O6. The molecule has 0 amide bonds. The van der Waals surface area contributed by atoms with Gasteiger partial charge in [0.25, 0.3) is 0 Å². The summed E-state index contributed by atoms with van der Waals surface area (Å²) in [7, 11) is 0. The van der Waals surface area contributed by atoms with Crippen molar-refractivity contribution < 1.29 is 28.6 Å². The molecule has 0 aliphatic carbocycles. The molecular weight excluding hydrogens is 757 g/mol. The molecule has 61 heavy (non-hydrogen) atoms. The lowest BCUT2D eigenvalue weighted by Crippen LogP contribution is -2.30. The fraction of sp³-hybridized carbons (Fsp3) is 0.655. The third kappa shape index (κ3) is 47.2. The van der Waals surface area contributed by atoms with Crippen LogP contribution in [-0.2, 0) is 28.6 Å². The van der Waals surface area contributed by atoms with Crippen molar-refractivity contribution >= 4 is 17.9 Å². The normalized spacial score (nSPS) is 12.9. The minimum absolute atomic E-state index is 0.105. The first kappa shape index (κ1) is 57.3. The Morgan fingerprint density at radius 2 is 0.672 bits per heavy atom. The van der Waals surface area contributed by atoms with Crippen molar-refractivity contribution in [3.8, 4) is 0 Å². The van der Waals surface area contributed by atoms with Gasteiger partial charge in [-0.25, -0.2) is 0 Å². The summed E-state index contributed by atoms with van der Waals surface area (Å²) in [6, 6.07) is 0. The highest BCUT2D eigenvalue weighted by Crippen LogP contribution is 2.12. The van der Waals surface area contributed by atoms with Gasteiger partial charge in [-0.1, -0.05) is 176 Å². The molecule has 0 radical (unpaired) electrons. The number of ether oxygens (including phenoxy) is 3. The zero-order chi connectivity index (χ0) is 44.4. The van der Waals surface area contributed by atoms with Gasteiger partial charge in [-0.05, 0) is 116 Å². The van der Waals surface area contributed by atoms with Crippen molar-refractivity contribution in [1.29, 1.82) is 0 Å². The number of allylic oxidation sites excluding steroid dienone is 16. The molecule has 0 rings (SSSR count). The Labute approximate surface area is 375 Å². The lowest BCUT2D eigenvalue weighted by molar-refractivity contribution is -0.167. The second-order valence-corrected chi connectivity index (χ2v) is 16.0. The third-order valence-electron chi connectivity index (χ3n) is 10.0. The first-order valence-electron chi connectivity index (χ1n) is 24.7. The van der Waals surface area contributed by atoms with Crippen molar-refractivity contribution in [3.05, 3.63) is 97.2 Å². The lowest BCUT2D eigenvalue weighted by Gasteiger charge is -2.18. The van der Waals surface area contributed by atoms with Crippen LogP contribution in [0.2, 0.25) is 0 Å². The summed E-state index contributed by atoms with van der Waals surface area (Å²) in [5.41, 5.74) is 0. The van der Waals surface area contributed by atoms with Gasteiger partial charge < -0.3 is 14.2 Å². The molecule has 0 spiro atoms. The highest BCUT2D eigenvalue weighted by molar-refractivity contribution is 5.71. The topological polar surface area (TPSA) is 78.9 Å². The molecule has 0 aromatic carbocycles. The fourth-order valence-corrected chi connectivity index (χ4v) is 6.32. The van der Waals surface area contributed by atoms with Crippen LogP contribution in [0, 0.1) is 0 Å². The van der Waals surface area contributed by atoms with Gasteiger partial charge in [0.2, 0.25) is 0 Å². The molecule has 1 unspecified atom stereocenters. The predicted molar refractivity (Wildman–Crippen MR) is 260 cm³/mol. The highest BCUT2D eigenvalue weighted by Gasteiger charge is 2.19. The molecule has 0 aliphatic heterocycles. The molecule has 0 saturated heterocycles. The van der Waals surface area contributed by atoms with E-state index in [0.717, 1.165) is 141 Å². The molecule has 6 heteroatoms. The second kappa shape index (κ2) is 49.0. The van der Waals surface area contributed by atoms with Gasteiger partial charge in [-0.15, -0.1) is 0 Å². The standard InChI is InChI=1S/C55H90O6/c1-4-7-10-13-16-19-22-25-27-30-33-36-39-42-45-48-54(57)60-51-52(50-59-53(56)47-44-41-38-35-32-29-24-21-18-15-12-9-6-3)61-55(58)49-46-43-40-37-34-31-28-26-23-20-17-14-11-8-5-2/h7,10,12,15-17,19-21,24-28,33,36,52H,4-6,8-9,11,13-14,18,22-23,29-32,34-35,37-51H2,1-3H3/b10-7-,15-12-,19-16-,20-17-,24-21-,27-25-,28-26-,36-33-. The summed E-state index contributed by atoms with van der Waals surface area (Å²) in [6.45, 7) is 6.35. The van der Waals surface area contributed by atoms with Crippen LogP contribution in [0.1, 0.15) is 213 Å². The van der Waals surface area contributed by atoms with Gasteiger partial charge in [0.15, 0.2) is 6.10 Å². The Morgan fingerprint density at radius 3 is 1.10 bits per heavy atom. The number of esters is 3. The first-order valence-corrected chi connectivity index (χ1v) is 24.7. The van der Waals surface area contributed by atoms with Crippen LogP contribution in [0.5, 0.6) is 0 Å². The van der Waals surface area contributed by atoms with E-state index in [0.29, 0.717) is 19.3 Å². The molecule has 0 saturated carbocycles. The number of carbonyl (C=O) groups excluding carboxylic acids is 3. The Kier molecular flexibility index (Phi) is 46.0. The van der Waals surface area contributed by atoms with E-state index in [9.17, 15) is 14.4 Å². The molecule has 0 N–H and O–H groups in total. The number of hydrogen-bond donors (Lipinski definition) is 0. The Hall–Kier alpha value is -3.67. The molecule has 1 atom stereocenters. The quantitative estimate of drug-likeness (QED) is 0.0263. The van der Waals surface area contributed by atoms with E-state index in [1.54, 1.807) is 0 Å². The van der Waals surface area contributed by atoms with Gasteiger partial charge in [0.05, 0.1) is 0 Å². The van der Waals surface area contributed by atoms with E-state index in [1.165, 1.54) is 32.1 Å². The van der Waals surface area contributed by atoms with E-state index < -0.39 is 6.10 Å². The van der Waals surface area contributed by atoms with E-state index in [-0.39, 0.29) is 31.1 Å². The second-order valence-electron chi connectivity index (χ2n) is 16.0. The zero-order valence-corrected chi connectivity index (χ0v) is 39.4. The highest BCUT2D eigenvalue weighted by atomic mass is 16.6. The molecule has 0 aromatic rings. The van der Waals surface area contributed by atoms with Gasteiger partial charge >= 0.3 is 17.9 Å². The molecule has 346 valence electrons. The SMILES string of the molecule is CC/C=C\C/C=C\C/C=C\C/C=C\CCCCC(=O)OCC(COC(=O)CCCCCCC/C=C\C/C=C\CCC)OC(=O)CCCCCCC/C=C\C/C=C\CCCCC. The van der Waals surface area contributed by atoms with Crippen molar-refractivity contribution in [2.24, 2.45) is 0 Å². The van der Waals surface area contributed by atoms with Gasteiger partial charge in [-0.3, -0.25) is 14.4 Å². The van der Waals surface area contributed by atoms with Crippen LogP contribution in [0.4, 0.5) is 0 Å². The Balaban J connectivity index is 4.52. The van der Waals surface area contributed by atoms with Crippen molar-refractivity contribution in [2.75, 3.05) is 13.2 Å². The van der Waals surface area contributed by atoms with Crippen LogP contribution in [-0.4, -0.2) is 37.2 Å². The van der Waals surface area contributed by atoms with Crippen LogP contribution in [0.15, 0.2) is 97.2 Å². The maximum atomic E-state index is 12.8. The van der Waals surface area contributed by atoms with E-state index in [2.05, 4.69) is 118 Å². The van der Waals surface area contributed by atoms with Crippen LogP contribution in [0.25, 0.3) is 0 Å². The number of rotatable bonds is 43. The summed E-state index contributed by atoms with van der Waals surface area (Å²) >= 11 is 0. The maximum Gasteiger partial charge on any atom is 0.306 e. The van der Waals surface area contributed by atoms with Gasteiger partial charge in [0.1, 0.15) is 13.2 Å². The predicted octanol–water partition coefficient (Wildman–Crippen LogP) is 16.2. The number of carbonyl (C=O) groups is 3.